The van der Waals surface area contributed by atoms with Crippen LogP contribution in [0.2, 0.25) is 0 Å². The first-order valence-electron chi connectivity index (χ1n) is 5.73. The lowest BCUT2D eigenvalue weighted by atomic mass is 10.1. The third-order valence-corrected chi connectivity index (χ3v) is 3.11. The van der Waals surface area contributed by atoms with Crippen LogP contribution in [0.5, 0.6) is 11.5 Å². The number of aromatic amines is 1. The molecule has 1 N–H and O–H groups in total. The second-order valence-corrected chi connectivity index (χ2v) is 4.21. The Hall–Kier alpha value is -2.49. The minimum absolute atomic E-state index is 0.299. The SMILES string of the molecule is c1cc2cc(-c3ccc4c(c3)OCO4)cnc2[nH]1. The van der Waals surface area contributed by atoms with Crippen molar-refractivity contribution in [2.24, 2.45) is 0 Å². The van der Waals surface area contributed by atoms with Gasteiger partial charge in [-0.1, -0.05) is 6.07 Å². The Bertz CT molecular complexity index is 733. The first-order chi connectivity index (χ1) is 8.90. The number of nitrogens with one attached hydrogen (secondary N) is 1. The highest BCUT2D eigenvalue weighted by atomic mass is 16.7. The van der Waals surface area contributed by atoms with Crippen LogP contribution in [0.4, 0.5) is 0 Å². The van der Waals surface area contributed by atoms with E-state index in [0.717, 1.165) is 33.7 Å². The fourth-order valence-corrected chi connectivity index (χ4v) is 2.17. The summed E-state index contributed by atoms with van der Waals surface area (Å²) in [7, 11) is 0. The van der Waals surface area contributed by atoms with Crippen LogP contribution in [-0.2, 0) is 0 Å². The Morgan fingerprint density at radius 2 is 1.94 bits per heavy atom. The summed E-state index contributed by atoms with van der Waals surface area (Å²) in [6.07, 6.45) is 3.75. The molecule has 4 rings (SSSR count). The molecule has 0 spiro atoms. The lowest BCUT2D eigenvalue weighted by molar-refractivity contribution is 0.174. The van der Waals surface area contributed by atoms with E-state index >= 15 is 0 Å². The lowest BCUT2D eigenvalue weighted by Gasteiger charge is -2.03. The van der Waals surface area contributed by atoms with Crippen LogP contribution in [0.15, 0.2) is 42.7 Å². The number of nitrogens with zero attached hydrogens (tertiary/aromatic N) is 1. The number of hydrogen-bond donors (Lipinski definition) is 1. The number of hydrogen-bond acceptors (Lipinski definition) is 3. The molecule has 1 aliphatic heterocycles. The van der Waals surface area contributed by atoms with E-state index in [0.29, 0.717) is 6.79 Å². The van der Waals surface area contributed by atoms with Crippen molar-refractivity contribution in [1.82, 2.24) is 9.97 Å². The van der Waals surface area contributed by atoms with Gasteiger partial charge in [-0.05, 0) is 29.8 Å². The van der Waals surface area contributed by atoms with E-state index in [9.17, 15) is 0 Å². The fourth-order valence-electron chi connectivity index (χ4n) is 2.17. The fraction of sp³-hybridized carbons (Fsp3) is 0.0714. The minimum atomic E-state index is 0.299. The Balaban J connectivity index is 1.86. The van der Waals surface area contributed by atoms with Crippen molar-refractivity contribution in [2.75, 3.05) is 6.79 Å². The zero-order valence-electron chi connectivity index (χ0n) is 9.51. The smallest absolute Gasteiger partial charge is 0.231 e. The molecule has 18 heavy (non-hydrogen) atoms. The summed E-state index contributed by atoms with van der Waals surface area (Å²) in [4.78, 5) is 7.47. The molecule has 0 bridgehead atoms. The van der Waals surface area contributed by atoms with Gasteiger partial charge in [-0.25, -0.2) is 4.98 Å². The molecule has 1 aromatic carbocycles. The van der Waals surface area contributed by atoms with Crippen molar-refractivity contribution in [3.63, 3.8) is 0 Å². The van der Waals surface area contributed by atoms with Gasteiger partial charge in [-0.15, -0.1) is 0 Å². The van der Waals surface area contributed by atoms with Crippen LogP contribution in [-0.4, -0.2) is 16.8 Å². The Morgan fingerprint density at radius 1 is 1.00 bits per heavy atom. The average molecular weight is 238 g/mol. The highest BCUT2D eigenvalue weighted by Gasteiger charge is 2.14. The van der Waals surface area contributed by atoms with Crippen LogP contribution in [0, 0.1) is 0 Å². The molecule has 0 atom stereocenters. The van der Waals surface area contributed by atoms with Crippen LogP contribution in [0.1, 0.15) is 0 Å². The molecule has 0 radical (unpaired) electrons. The molecule has 0 aliphatic carbocycles. The third kappa shape index (κ3) is 1.35. The van der Waals surface area contributed by atoms with Crippen molar-refractivity contribution < 1.29 is 9.47 Å². The highest BCUT2D eigenvalue weighted by molar-refractivity contribution is 5.81. The van der Waals surface area contributed by atoms with Crippen molar-refractivity contribution in [3.8, 4) is 22.6 Å². The molecule has 2 aromatic heterocycles. The van der Waals surface area contributed by atoms with E-state index in [1.807, 2.05) is 36.7 Å². The zero-order chi connectivity index (χ0) is 11.9. The quantitative estimate of drug-likeness (QED) is 0.709. The average Bonchev–Trinajstić information content (AvgIpc) is 3.05. The van der Waals surface area contributed by atoms with E-state index < -0.39 is 0 Å². The largest absolute Gasteiger partial charge is 0.454 e. The first kappa shape index (κ1) is 9.53. The molecule has 3 heterocycles. The maximum absolute atomic E-state index is 5.38. The van der Waals surface area contributed by atoms with Crippen molar-refractivity contribution in [3.05, 3.63) is 42.7 Å². The summed E-state index contributed by atoms with van der Waals surface area (Å²) < 4.78 is 10.7. The molecule has 88 valence electrons. The molecule has 3 aromatic rings. The van der Waals surface area contributed by atoms with Gasteiger partial charge in [0.25, 0.3) is 0 Å². The van der Waals surface area contributed by atoms with E-state index in [-0.39, 0.29) is 0 Å². The van der Waals surface area contributed by atoms with E-state index in [1.165, 1.54) is 0 Å². The maximum Gasteiger partial charge on any atom is 0.231 e. The second kappa shape index (κ2) is 3.50. The van der Waals surface area contributed by atoms with Gasteiger partial charge in [0.1, 0.15) is 5.65 Å². The molecule has 0 fully saturated rings. The topological polar surface area (TPSA) is 47.1 Å². The number of aromatic nitrogens is 2. The van der Waals surface area contributed by atoms with Gasteiger partial charge >= 0.3 is 0 Å². The third-order valence-electron chi connectivity index (χ3n) is 3.11. The molecular formula is C14H10N2O2. The summed E-state index contributed by atoms with van der Waals surface area (Å²) in [6.45, 7) is 0.299. The molecular weight excluding hydrogens is 228 g/mol. The molecule has 0 saturated carbocycles. The normalized spacial score (nSPS) is 13.1. The number of ether oxygens (including phenoxy) is 2. The number of fused-ring (bicyclic) bond motifs is 2. The maximum atomic E-state index is 5.38. The lowest BCUT2D eigenvalue weighted by Crippen LogP contribution is -1.92. The van der Waals surface area contributed by atoms with Crippen molar-refractivity contribution in [2.45, 2.75) is 0 Å². The van der Waals surface area contributed by atoms with Gasteiger partial charge < -0.3 is 14.5 Å². The summed E-state index contributed by atoms with van der Waals surface area (Å²) in [6, 6.07) is 10.1. The summed E-state index contributed by atoms with van der Waals surface area (Å²) >= 11 is 0. The first-order valence-corrected chi connectivity index (χ1v) is 5.73. The number of benzene rings is 1. The molecule has 4 heteroatoms. The van der Waals surface area contributed by atoms with Crippen LogP contribution in [0.3, 0.4) is 0 Å². The standard InChI is InChI=1S/C14H10N2O2/c1-2-12-13(18-8-17-12)6-9(1)11-5-10-3-4-15-14(10)16-7-11/h1-7H,8H2,(H,15,16). The predicted molar refractivity (Wildman–Crippen MR) is 67.7 cm³/mol. The van der Waals surface area contributed by atoms with Gasteiger partial charge in [0.2, 0.25) is 6.79 Å². The summed E-state index contributed by atoms with van der Waals surface area (Å²) in [5.74, 6) is 1.59. The Kier molecular flexibility index (Phi) is 1.85. The molecule has 0 amide bonds. The van der Waals surface area contributed by atoms with Gasteiger partial charge in [0.15, 0.2) is 11.5 Å². The van der Waals surface area contributed by atoms with Gasteiger partial charge in [-0.2, -0.15) is 0 Å². The van der Waals surface area contributed by atoms with Gasteiger partial charge in [0, 0.05) is 23.3 Å². The summed E-state index contributed by atoms with van der Waals surface area (Å²) in [5, 5.41) is 1.10. The minimum Gasteiger partial charge on any atom is -0.454 e. The predicted octanol–water partition coefficient (Wildman–Crippen LogP) is 2.96. The van der Waals surface area contributed by atoms with E-state index in [1.54, 1.807) is 0 Å². The number of pyridine rings is 1. The Labute approximate surface area is 103 Å². The van der Waals surface area contributed by atoms with Crippen LogP contribution >= 0.6 is 0 Å². The Morgan fingerprint density at radius 3 is 2.94 bits per heavy atom. The molecule has 4 nitrogen and oxygen atoms in total. The number of H-pyrrole nitrogens is 1. The molecule has 0 unspecified atom stereocenters. The second-order valence-electron chi connectivity index (χ2n) is 4.21. The van der Waals surface area contributed by atoms with Crippen molar-refractivity contribution >= 4 is 11.0 Å². The molecule has 0 saturated heterocycles. The van der Waals surface area contributed by atoms with E-state index in [4.69, 9.17) is 9.47 Å². The molecule has 1 aliphatic rings. The van der Waals surface area contributed by atoms with Gasteiger partial charge in [0.05, 0.1) is 0 Å². The van der Waals surface area contributed by atoms with Crippen LogP contribution in [0.25, 0.3) is 22.2 Å². The van der Waals surface area contributed by atoms with E-state index in [2.05, 4.69) is 16.0 Å². The zero-order valence-corrected chi connectivity index (χ0v) is 9.51. The monoisotopic (exact) mass is 238 g/mol. The number of rotatable bonds is 1. The van der Waals surface area contributed by atoms with Crippen LogP contribution < -0.4 is 9.47 Å². The van der Waals surface area contributed by atoms with Gasteiger partial charge in [-0.3, -0.25) is 0 Å². The summed E-state index contributed by atoms with van der Waals surface area (Å²) in [5.41, 5.74) is 3.05. The van der Waals surface area contributed by atoms with Crippen molar-refractivity contribution in [1.29, 1.82) is 0 Å². The highest BCUT2D eigenvalue weighted by Crippen LogP contribution is 2.36.